The van der Waals surface area contributed by atoms with E-state index in [1.807, 2.05) is 54.6 Å². The van der Waals surface area contributed by atoms with Crippen molar-refractivity contribution in [1.29, 1.82) is 0 Å². The fourth-order valence-corrected chi connectivity index (χ4v) is 4.42. The normalized spacial score (nSPS) is 13.3. The zero-order valence-electron chi connectivity index (χ0n) is 18.5. The molecule has 1 aliphatic carbocycles. The van der Waals surface area contributed by atoms with Gasteiger partial charge in [0.1, 0.15) is 11.3 Å². The molecule has 0 amide bonds. The summed E-state index contributed by atoms with van der Waals surface area (Å²) in [6.07, 6.45) is 0.783. The number of carbonyl (C=O) groups is 1. The van der Waals surface area contributed by atoms with Crippen LogP contribution in [0.15, 0.2) is 76.0 Å². The number of nitrogens with zero attached hydrogens (tertiary/aromatic N) is 3. The van der Waals surface area contributed by atoms with Gasteiger partial charge in [-0.1, -0.05) is 59.8 Å². The number of aromatic amines is 1. The number of imidazole rings is 1. The van der Waals surface area contributed by atoms with Crippen LogP contribution < -0.4 is 10.5 Å². The van der Waals surface area contributed by atoms with Crippen LogP contribution in [0, 0.1) is 0 Å². The molecule has 0 radical (unpaired) electrons. The maximum Gasteiger partial charge on any atom is 0.511 e. The lowest BCUT2D eigenvalue weighted by molar-refractivity contribution is 0.145. The first-order valence-corrected chi connectivity index (χ1v) is 11.2. The standard InChI is InChI=1S/C26H20N4O5/c31-25-28-23(29-35-25)19-5-2-1-4-18(19)16-10-8-15(9-11-16)14-30-22-20(27-24(30)17-12-13-17)6-3-7-21(22)34-26(32)33/h1-11,17H,12-14H2,(H,32,33)(H,28,29,31). The van der Waals surface area contributed by atoms with Crippen molar-refractivity contribution >= 4 is 17.2 Å². The molecule has 9 heteroatoms. The van der Waals surface area contributed by atoms with E-state index >= 15 is 0 Å². The van der Waals surface area contributed by atoms with Crippen LogP contribution in [-0.4, -0.2) is 31.0 Å². The van der Waals surface area contributed by atoms with Crippen molar-refractivity contribution in [3.8, 4) is 28.3 Å². The second-order valence-electron chi connectivity index (χ2n) is 8.51. The Kier molecular flexibility index (Phi) is 4.95. The van der Waals surface area contributed by atoms with Crippen molar-refractivity contribution in [2.45, 2.75) is 25.3 Å². The van der Waals surface area contributed by atoms with E-state index in [2.05, 4.69) is 19.2 Å². The molecule has 9 nitrogen and oxygen atoms in total. The molecule has 35 heavy (non-hydrogen) atoms. The summed E-state index contributed by atoms with van der Waals surface area (Å²) in [6.45, 7) is 0.529. The van der Waals surface area contributed by atoms with E-state index in [4.69, 9.17) is 9.72 Å². The van der Waals surface area contributed by atoms with Crippen LogP contribution in [0.5, 0.6) is 5.75 Å². The second-order valence-corrected chi connectivity index (χ2v) is 8.51. The Morgan fingerprint density at radius 2 is 1.83 bits per heavy atom. The number of H-pyrrole nitrogens is 1. The molecule has 3 aromatic carbocycles. The fourth-order valence-electron chi connectivity index (χ4n) is 4.42. The Balaban J connectivity index is 1.37. The summed E-state index contributed by atoms with van der Waals surface area (Å²) in [5.74, 6) is 1.37. The van der Waals surface area contributed by atoms with Crippen LogP contribution in [0.3, 0.4) is 0 Å². The molecule has 0 saturated heterocycles. The Labute approximate surface area is 198 Å². The van der Waals surface area contributed by atoms with Crippen molar-refractivity contribution in [2.24, 2.45) is 0 Å². The molecule has 0 spiro atoms. The number of ether oxygens (including phenoxy) is 1. The number of rotatable bonds is 6. The molecule has 1 saturated carbocycles. The molecule has 5 aromatic rings. The van der Waals surface area contributed by atoms with Crippen LogP contribution in [-0.2, 0) is 6.54 Å². The zero-order valence-corrected chi connectivity index (χ0v) is 18.5. The molecule has 2 N–H and O–H groups in total. The van der Waals surface area contributed by atoms with Crippen molar-refractivity contribution in [1.82, 2.24) is 19.7 Å². The van der Waals surface area contributed by atoms with Gasteiger partial charge in [0, 0.05) is 18.0 Å². The summed E-state index contributed by atoms with van der Waals surface area (Å²) in [5.41, 5.74) is 5.07. The first-order chi connectivity index (χ1) is 17.1. The number of hydrogen-bond donors (Lipinski definition) is 2. The fraction of sp³-hybridized carbons (Fsp3) is 0.154. The minimum atomic E-state index is -1.35. The molecular weight excluding hydrogens is 448 g/mol. The minimum Gasteiger partial charge on any atom is -0.449 e. The lowest BCUT2D eigenvalue weighted by Gasteiger charge is -2.12. The van der Waals surface area contributed by atoms with Crippen LogP contribution in [0.25, 0.3) is 33.5 Å². The van der Waals surface area contributed by atoms with Gasteiger partial charge in [-0.15, -0.1) is 0 Å². The SMILES string of the molecule is O=C(O)Oc1cccc2nc(C3CC3)n(Cc3ccc(-c4ccccc4-c4noc(=O)[nH]4)cc3)c12. The quantitative estimate of drug-likeness (QED) is 0.265. The molecule has 0 aliphatic heterocycles. The van der Waals surface area contributed by atoms with E-state index < -0.39 is 11.9 Å². The molecule has 2 aromatic heterocycles. The van der Waals surface area contributed by atoms with Crippen LogP contribution in [0.4, 0.5) is 4.79 Å². The van der Waals surface area contributed by atoms with Gasteiger partial charge in [-0.25, -0.2) is 14.6 Å². The third-order valence-electron chi connectivity index (χ3n) is 6.13. The van der Waals surface area contributed by atoms with Gasteiger partial charge >= 0.3 is 11.9 Å². The van der Waals surface area contributed by atoms with Crippen molar-refractivity contribution in [2.75, 3.05) is 0 Å². The molecule has 1 aliphatic rings. The third kappa shape index (κ3) is 3.97. The third-order valence-corrected chi connectivity index (χ3v) is 6.13. The number of aromatic nitrogens is 4. The highest BCUT2D eigenvalue weighted by Crippen LogP contribution is 2.42. The molecule has 0 bridgehead atoms. The Hall–Kier alpha value is -4.66. The van der Waals surface area contributed by atoms with Gasteiger partial charge in [-0.3, -0.25) is 9.51 Å². The molecule has 2 heterocycles. The first-order valence-electron chi connectivity index (χ1n) is 11.2. The topological polar surface area (TPSA) is 123 Å². The summed E-state index contributed by atoms with van der Waals surface area (Å²) in [7, 11) is 0. The van der Waals surface area contributed by atoms with E-state index in [0.29, 0.717) is 23.8 Å². The zero-order chi connectivity index (χ0) is 23.9. The highest BCUT2D eigenvalue weighted by molar-refractivity contribution is 5.85. The summed E-state index contributed by atoms with van der Waals surface area (Å²) in [6, 6.07) is 21.0. The average molecular weight is 468 g/mol. The van der Waals surface area contributed by atoms with Gasteiger partial charge in [-0.2, -0.15) is 0 Å². The van der Waals surface area contributed by atoms with Crippen LogP contribution in [0.1, 0.15) is 30.1 Å². The lowest BCUT2D eigenvalue weighted by Crippen LogP contribution is -2.08. The number of para-hydroxylation sites is 1. The van der Waals surface area contributed by atoms with Gasteiger partial charge in [0.2, 0.25) is 0 Å². The molecule has 174 valence electrons. The molecule has 6 rings (SSSR count). The highest BCUT2D eigenvalue weighted by atomic mass is 16.7. The van der Waals surface area contributed by atoms with E-state index in [0.717, 1.165) is 46.4 Å². The van der Waals surface area contributed by atoms with Crippen LogP contribution in [0.2, 0.25) is 0 Å². The number of benzene rings is 3. The molecule has 0 unspecified atom stereocenters. The van der Waals surface area contributed by atoms with Gasteiger partial charge in [0.15, 0.2) is 11.6 Å². The van der Waals surface area contributed by atoms with Gasteiger partial charge in [0.25, 0.3) is 0 Å². The summed E-state index contributed by atoms with van der Waals surface area (Å²) >= 11 is 0. The van der Waals surface area contributed by atoms with Crippen molar-refractivity contribution in [3.63, 3.8) is 0 Å². The van der Waals surface area contributed by atoms with Gasteiger partial charge in [0.05, 0.1) is 5.52 Å². The lowest BCUT2D eigenvalue weighted by atomic mass is 9.98. The van der Waals surface area contributed by atoms with Crippen LogP contribution >= 0.6 is 0 Å². The summed E-state index contributed by atoms with van der Waals surface area (Å²) < 4.78 is 11.8. The summed E-state index contributed by atoms with van der Waals surface area (Å²) in [5, 5.41) is 13.0. The molecule has 1 fully saturated rings. The smallest absolute Gasteiger partial charge is 0.449 e. The van der Waals surface area contributed by atoms with Gasteiger partial charge < -0.3 is 14.4 Å². The van der Waals surface area contributed by atoms with Crippen molar-refractivity contribution in [3.05, 3.63) is 88.7 Å². The average Bonchev–Trinajstić information content (AvgIpc) is 3.51. The number of fused-ring (bicyclic) bond motifs is 1. The number of carboxylic acid groups (broad SMARTS) is 1. The van der Waals surface area contributed by atoms with E-state index in [1.165, 1.54) is 0 Å². The first kappa shape index (κ1) is 20.9. The predicted molar refractivity (Wildman–Crippen MR) is 127 cm³/mol. The maximum absolute atomic E-state index is 11.4. The van der Waals surface area contributed by atoms with Crippen molar-refractivity contribution < 1.29 is 19.2 Å². The Bertz CT molecular complexity index is 1610. The van der Waals surface area contributed by atoms with E-state index in [9.17, 15) is 14.7 Å². The maximum atomic E-state index is 11.4. The largest absolute Gasteiger partial charge is 0.511 e. The predicted octanol–water partition coefficient (Wildman–Crippen LogP) is 5.03. The number of hydrogen-bond acceptors (Lipinski definition) is 6. The number of nitrogens with one attached hydrogen (secondary N) is 1. The molecular formula is C26H20N4O5. The van der Waals surface area contributed by atoms with E-state index in [1.54, 1.807) is 12.1 Å². The second kappa shape index (κ2) is 8.28. The monoisotopic (exact) mass is 468 g/mol. The minimum absolute atomic E-state index is 0.279. The highest BCUT2D eigenvalue weighted by Gasteiger charge is 2.30. The Morgan fingerprint density at radius 1 is 1.06 bits per heavy atom. The van der Waals surface area contributed by atoms with E-state index in [-0.39, 0.29) is 5.75 Å². The summed E-state index contributed by atoms with van der Waals surface area (Å²) in [4.78, 5) is 30.1. The van der Waals surface area contributed by atoms with Gasteiger partial charge in [-0.05, 0) is 41.7 Å². The Morgan fingerprint density at radius 3 is 2.51 bits per heavy atom. The molecule has 0 atom stereocenters.